The molecule has 1 aromatic carbocycles. The Labute approximate surface area is 154 Å². The molecule has 4 rings (SSSR count). The van der Waals surface area contributed by atoms with Crippen molar-refractivity contribution in [1.82, 2.24) is 9.29 Å². The van der Waals surface area contributed by atoms with Crippen LogP contribution in [0.3, 0.4) is 0 Å². The molecule has 0 radical (unpaired) electrons. The summed E-state index contributed by atoms with van der Waals surface area (Å²) in [7, 11) is -1.78. The zero-order chi connectivity index (χ0) is 17.4. The maximum atomic E-state index is 12.7. The van der Waals surface area contributed by atoms with E-state index in [9.17, 15) is 8.42 Å². The molecule has 25 heavy (non-hydrogen) atoms. The number of hydrogen-bond donors (Lipinski definition) is 0. The number of ether oxygens (including phenoxy) is 1. The molecule has 0 N–H and O–H groups in total. The average Bonchev–Trinajstić information content (AvgIpc) is 3.31. The minimum atomic E-state index is -3.42. The average molecular weight is 393 g/mol. The predicted molar refractivity (Wildman–Crippen MR) is 99.7 cm³/mol. The zero-order valence-electron chi connectivity index (χ0n) is 13.5. The van der Waals surface area contributed by atoms with Gasteiger partial charge in [-0.15, -0.1) is 22.7 Å². The van der Waals surface area contributed by atoms with Crippen LogP contribution in [0, 0.1) is 0 Å². The molecule has 3 heterocycles. The van der Waals surface area contributed by atoms with Crippen LogP contribution < -0.4 is 4.74 Å². The number of aromatic nitrogens is 1. The van der Waals surface area contributed by atoms with Crippen LogP contribution in [0.25, 0.3) is 10.6 Å². The van der Waals surface area contributed by atoms with E-state index in [0.29, 0.717) is 23.7 Å². The minimum Gasteiger partial charge on any atom is -0.497 e. The number of hydrogen-bond acceptors (Lipinski definition) is 6. The van der Waals surface area contributed by atoms with Gasteiger partial charge < -0.3 is 4.74 Å². The number of thiazole rings is 1. The van der Waals surface area contributed by atoms with E-state index in [2.05, 4.69) is 0 Å². The van der Waals surface area contributed by atoms with Gasteiger partial charge in [0.15, 0.2) is 0 Å². The molecule has 2 aromatic heterocycles. The van der Waals surface area contributed by atoms with E-state index >= 15 is 0 Å². The molecule has 1 aliphatic rings. The minimum absolute atomic E-state index is 0.386. The third-order valence-electron chi connectivity index (χ3n) is 4.10. The summed E-state index contributed by atoms with van der Waals surface area (Å²) < 4.78 is 32.7. The van der Waals surface area contributed by atoms with Crippen molar-refractivity contribution in [1.29, 1.82) is 0 Å². The fourth-order valence-electron chi connectivity index (χ4n) is 2.79. The maximum absolute atomic E-state index is 12.7. The first-order chi connectivity index (χ1) is 12.1. The highest BCUT2D eigenvalue weighted by Crippen LogP contribution is 2.35. The fraction of sp³-hybridized carbons (Fsp3) is 0.235. The highest BCUT2D eigenvalue weighted by molar-refractivity contribution is 7.91. The van der Waals surface area contributed by atoms with Crippen LogP contribution in [0.4, 0.5) is 0 Å². The Morgan fingerprint density at radius 3 is 2.88 bits per heavy atom. The van der Waals surface area contributed by atoms with Gasteiger partial charge >= 0.3 is 0 Å². The van der Waals surface area contributed by atoms with Crippen molar-refractivity contribution in [2.45, 2.75) is 17.2 Å². The molecule has 8 heteroatoms. The molecule has 5 nitrogen and oxygen atoms in total. The van der Waals surface area contributed by atoms with Crippen molar-refractivity contribution in [2.75, 3.05) is 13.7 Å². The summed E-state index contributed by atoms with van der Waals surface area (Å²) in [5, 5.41) is 2.69. The number of sulfonamides is 1. The van der Waals surface area contributed by atoms with Gasteiger partial charge in [-0.25, -0.2) is 13.4 Å². The SMILES string of the molecule is COc1cccc(-c2nc3c(s2)CN(S(=O)(=O)c2cccs2)CC3)c1. The Kier molecular flexibility index (Phi) is 4.36. The normalized spacial score (nSPS) is 15.1. The Hall–Kier alpha value is -1.74. The third-order valence-corrected chi connectivity index (χ3v) is 8.45. The van der Waals surface area contributed by atoms with Gasteiger partial charge in [-0.3, -0.25) is 0 Å². The Bertz CT molecular complexity index is 994. The van der Waals surface area contributed by atoms with Gasteiger partial charge in [0.2, 0.25) is 0 Å². The first kappa shape index (κ1) is 16.7. The van der Waals surface area contributed by atoms with Crippen molar-refractivity contribution < 1.29 is 13.2 Å². The van der Waals surface area contributed by atoms with E-state index in [-0.39, 0.29) is 0 Å². The number of benzene rings is 1. The molecule has 0 spiro atoms. The van der Waals surface area contributed by atoms with E-state index in [4.69, 9.17) is 9.72 Å². The van der Waals surface area contributed by atoms with Gasteiger partial charge in [-0.2, -0.15) is 4.31 Å². The van der Waals surface area contributed by atoms with Crippen molar-refractivity contribution >= 4 is 32.7 Å². The summed E-state index contributed by atoms with van der Waals surface area (Å²) in [4.78, 5) is 5.74. The molecule has 0 bridgehead atoms. The summed E-state index contributed by atoms with van der Waals surface area (Å²) in [5.74, 6) is 0.785. The summed E-state index contributed by atoms with van der Waals surface area (Å²) in [6.07, 6.45) is 0.639. The summed E-state index contributed by atoms with van der Waals surface area (Å²) in [6.45, 7) is 0.853. The van der Waals surface area contributed by atoms with E-state index in [1.165, 1.54) is 11.3 Å². The first-order valence-electron chi connectivity index (χ1n) is 7.74. The molecule has 0 atom stereocenters. The molecule has 1 aliphatic heterocycles. The fourth-order valence-corrected chi connectivity index (χ4v) is 6.55. The van der Waals surface area contributed by atoms with E-state index < -0.39 is 10.0 Å². The zero-order valence-corrected chi connectivity index (χ0v) is 16.0. The van der Waals surface area contributed by atoms with Gasteiger partial charge in [0.1, 0.15) is 15.0 Å². The quantitative estimate of drug-likeness (QED) is 0.680. The molecule has 0 saturated heterocycles. The van der Waals surface area contributed by atoms with Crippen LogP contribution in [-0.2, 0) is 23.0 Å². The smallest absolute Gasteiger partial charge is 0.252 e. The second-order valence-electron chi connectivity index (χ2n) is 5.64. The van der Waals surface area contributed by atoms with Crippen LogP contribution in [0.5, 0.6) is 5.75 Å². The van der Waals surface area contributed by atoms with Gasteiger partial charge in [-0.1, -0.05) is 18.2 Å². The second kappa shape index (κ2) is 6.53. The highest BCUT2D eigenvalue weighted by atomic mass is 32.2. The lowest BCUT2D eigenvalue weighted by atomic mass is 10.2. The monoisotopic (exact) mass is 392 g/mol. The lowest BCUT2D eigenvalue weighted by Gasteiger charge is -2.24. The Morgan fingerprint density at radius 2 is 2.12 bits per heavy atom. The molecular weight excluding hydrogens is 376 g/mol. The predicted octanol–water partition coefficient (Wildman–Crippen LogP) is 3.63. The first-order valence-corrected chi connectivity index (χ1v) is 10.9. The molecule has 0 unspecified atom stereocenters. The van der Waals surface area contributed by atoms with Crippen LogP contribution in [-0.4, -0.2) is 31.4 Å². The van der Waals surface area contributed by atoms with Crippen LogP contribution >= 0.6 is 22.7 Å². The Morgan fingerprint density at radius 1 is 1.24 bits per heavy atom. The van der Waals surface area contributed by atoms with E-state index in [0.717, 1.165) is 26.9 Å². The molecule has 0 fully saturated rings. The van der Waals surface area contributed by atoms with Crippen LogP contribution in [0.15, 0.2) is 46.0 Å². The molecule has 0 aliphatic carbocycles. The number of thiophene rings is 1. The molecule has 130 valence electrons. The summed E-state index contributed by atoms with van der Waals surface area (Å²) >= 11 is 2.81. The number of rotatable bonds is 4. The topological polar surface area (TPSA) is 59.5 Å². The van der Waals surface area contributed by atoms with E-state index in [1.807, 2.05) is 24.3 Å². The lowest BCUT2D eigenvalue weighted by molar-refractivity contribution is 0.394. The van der Waals surface area contributed by atoms with E-state index in [1.54, 1.807) is 40.3 Å². The van der Waals surface area contributed by atoms with Crippen molar-refractivity contribution in [2.24, 2.45) is 0 Å². The largest absolute Gasteiger partial charge is 0.497 e. The van der Waals surface area contributed by atoms with Crippen LogP contribution in [0.2, 0.25) is 0 Å². The Balaban J connectivity index is 1.63. The molecular formula is C17H16N2O3S3. The van der Waals surface area contributed by atoms with Crippen molar-refractivity contribution in [3.63, 3.8) is 0 Å². The second-order valence-corrected chi connectivity index (χ2v) is 9.84. The molecule has 0 amide bonds. The summed E-state index contributed by atoms with van der Waals surface area (Å²) in [6, 6.07) is 11.2. The standard InChI is InChI=1S/C17H16N2O3S3/c1-22-13-5-2-4-12(10-13)17-18-14-7-8-19(11-15(14)24-17)25(20,21)16-6-3-9-23-16/h2-6,9-10H,7-8,11H2,1H3. The van der Waals surface area contributed by atoms with Crippen molar-refractivity contribution in [3.05, 3.63) is 52.3 Å². The molecule has 3 aromatic rings. The highest BCUT2D eigenvalue weighted by Gasteiger charge is 2.31. The number of nitrogens with zero attached hydrogens (tertiary/aromatic N) is 2. The number of methoxy groups -OCH3 is 1. The summed E-state index contributed by atoms with van der Waals surface area (Å²) in [5.41, 5.74) is 1.99. The molecule has 0 saturated carbocycles. The van der Waals surface area contributed by atoms with Gasteiger partial charge in [0.25, 0.3) is 10.0 Å². The maximum Gasteiger partial charge on any atom is 0.252 e. The van der Waals surface area contributed by atoms with Gasteiger partial charge in [0.05, 0.1) is 19.3 Å². The van der Waals surface area contributed by atoms with Crippen LogP contribution in [0.1, 0.15) is 10.6 Å². The van der Waals surface area contributed by atoms with Crippen molar-refractivity contribution in [3.8, 4) is 16.3 Å². The third kappa shape index (κ3) is 3.10. The van der Waals surface area contributed by atoms with Gasteiger partial charge in [-0.05, 0) is 23.6 Å². The van der Waals surface area contributed by atoms with Gasteiger partial charge in [0, 0.05) is 23.4 Å². The number of fused-ring (bicyclic) bond motifs is 1. The lowest BCUT2D eigenvalue weighted by Crippen LogP contribution is -2.35.